The Kier molecular flexibility index (Phi) is 5.76. The van der Waals surface area contributed by atoms with Crippen molar-refractivity contribution in [1.82, 2.24) is 14.5 Å². The minimum Gasteiger partial charge on any atom is -0.476 e. The van der Waals surface area contributed by atoms with E-state index in [0.29, 0.717) is 16.1 Å². The molecule has 0 spiro atoms. The Hall–Kier alpha value is -2.39. The van der Waals surface area contributed by atoms with Crippen LogP contribution in [-0.2, 0) is 17.1 Å². The third-order valence-corrected chi connectivity index (χ3v) is 6.06. The summed E-state index contributed by atoms with van der Waals surface area (Å²) in [5.41, 5.74) is 0.652. The molecule has 1 unspecified atom stereocenters. The number of benzene rings is 2. The fourth-order valence-electron chi connectivity index (χ4n) is 2.77. The monoisotopic (exact) mass is 439 g/mol. The Balaban J connectivity index is 2.11. The van der Waals surface area contributed by atoms with E-state index < -0.39 is 32.6 Å². The summed E-state index contributed by atoms with van der Waals surface area (Å²) in [5, 5.41) is 13.8. The van der Waals surface area contributed by atoms with Crippen molar-refractivity contribution in [1.29, 1.82) is 0 Å². The Labute approximate surface area is 171 Å². The van der Waals surface area contributed by atoms with Crippen molar-refractivity contribution in [2.45, 2.75) is 10.9 Å². The number of carbonyl (C=O) groups is 1. The molecule has 10 heteroatoms. The summed E-state index contributed by atoms with van der Waals surface area (Å²) >= 11 is 12.3. The van der Waals surface area contributed by atoms with E-state index in [9.17, 15) is 18.3 Å². The maximum absolute atomic E-state index is 13.0. The van der Waals surface area contributed by atoms with Gasteiger partial charge in [-0.2, -0.15) is 9.82 Å². The molecule has 0 aliphatic carbocycles. The Morgan fingerprint density at radius 3 is 2.46 bits per heavy atom. The van der Waals surface area contributed by atoms with Gasteiger partial charge in [0.05, 0.1) is 12.2 Å². The number of carboxylic acids is 1. The third-order valence-electron chi connectivity index (χ3n) is 4.08. The number of aryl methyl sites for hydroxylation is 1. The van der Waals surface area contributed by atoms with Gasteiger partial charge < -0.3 is 5.11 Å². The number of aromatic nitrogens is 2. The average molecular weight is 440 g/mol. The number of hydrogen-bond donors (Lipinski definition) is 2. The molecule has 2 N–H and O–H groups in total. The van der Waals surface area contributed by atoms with Gasteiger partial charge in [0.15, 0.2) is 5.69 Å². The second-order valence-electron chi connectivity index (χ2n) is 5.92. The quantitative estimate of drug-likeness (QED) is 0.611. The highest BCUT2D eigenvalue weighted by atomic mass is 35.5. The molecular formula is C18H15Cl2N3O4S. The van der Waals surface area contributed by atoms with E-state index in [1.54, 1.807) is 42.5 Å². The van der Waals surface area contributed by atoms with Crippen LogP contribution in [0.15, 0.2) is 59.6 Å². The van der Waals surface area contributed by atoms with Gasteiger partial charge in [-0.1, -0.05) is 59.6 Å². The van der Waals surface area contributed by atoms with Crippen LogP contribution in [0, 0.1) is 0 Å². The van der Waals surface area contributed by atoms with E-state index >= 15 is 0 Å². The molecular weight excluding hydrogens is 425 g/mol. The van der Waals surface area contributed by atoms with E-state index in [-0.39, 0.29) is 5.02 Å². The zero-order valence-corrected chi connectivity index (χ0v) is 16.8. The largest absolute Gasteiger partial charge is 0.476 e. The average Bonchev–Trinajstić information content (AvgIpc) is 3.04. The van der Waals surface area contributed by atoms with Gasteiger partial charge in [0, 0.05) is 17.1 Å². The van der Waals surface area contributed by atoms with Crippen LogP contribution in [0.4, 0.5) is 0 Å². The normalized spacial score (nSPS) is 12.7. The minimum absolute atomic E-state index is 0.272. The predicted octanol–water partition coefficient (Wildman–Crippen LogP) is 3.49. The van der Waals surface area contributed by atoms with Crippen molar-refractivity contribution < 1.29 is 18.3 Å². The number of rotatable bonds is 6. The van der Waals surface area contributed by atoms with Crippen LogP contribution in [0.25, 0.3) is 0 Å². The molecule has 146 valence electrons. The van der Waals surface area contributed by atoms with Crippen LogP contribution in [0.2, 0.25) is 10.0 Å². The lowest BCUT2D eigenvalue weighted by molar-refractivity contribution is 0.0680. The maximum Gasteiger partial charge on any atom is 0.355 e. The molecule has 0 aliphatic heterocycles. The molecule has 3 rings (SSSR count). The molecule has 3 aromatic rings. The summed E-state index contributed by atoms with van der Waals surface area (Å²) in [5.74, 6) is -1.40. The van der Waals surface area contributed by atoms with Crippen LogP contribution in [0.5, 0.6) is 0 Å². The second-order valence-corrected chi connectivity index (χ2v) is 8.44. The summed E-state index contributed by atoms with van der Waals surface area (Å²) in [6.45, 7) is 0. The van der Waals surface area contributed by atoms with Crippen LogP contribution < -0.4 is 4.72 Å². The number of nitrogens with zero attached hydrogens (tertiary/aromatic N) is 2. The molecule has 2 aromatic carbocycles. The molecule has 1 aromatic heterocycles. The Morgan fingerprint density at radius 2 is 1.86 bits per heavy atom. The van der Waals surface area contributed by atoms with Gasteiger partial charge in [0.1, 0.15) is 4.90 Å². The number of sulfonamides is 1. The van der Waals surface area contributed by atoms with Crippen molar-refractivity contribution in [3.05, 3.63) is 81.6 Å². The molecule has 0 bridgehead atoms. The van der Waals surface area contributed by atoms with Gasteiger partial charge in [-0.3, -0.25) is 4.68 Å². The van der Waals surface area contributed by atoms with Crippen LogP contribution in [0.3, 0.4) is 0 Å². The molecule has 0 aliphatic rings. The number of nitrogens with one attached hydrogen (secondary N) is 1. The number of aromatic carboxylic acids is 1. The van der Waals surface area contributed by atoms with Gasteiger partial charge in [0.25, 0.3) is 0 Å². The summed E-state index contributed by atoms with van der Waals surface area (Å²) in [7, 11) is -2.89. The molecule has 1 heterocycles. The van der Waals surface area contributed by atoms with E-state index in [1.165, 1.54) is 13.1 Å². The molecule has 0 radical (unpaired) electrons. The molecule has 0 saturated heterocycles. The summed E-state index contributed by atoms with van der Waals surface area (Å²) in [4.78, 5) is 11.0. The SMILES string of the molecule is Cn1ncc(S(=O)(=O)NC(c2ccccc2)c2ccc(Cl)cc2Cl)c1C(=O)O. The molecule has 28 heavy (non-hydrogen) atoms. The lowest BCUT2D eigenvalue weighted by Crippen LogP contribution is -2.30. The molecule has 7 nitrogen and oxygen atoms in total. The highest BCUT2D eigenvalue weighted by Gasteiger charge is 2.30. The van der Waals surface area contributed by atoms with Crippen molar-refractivity contribution in [2.75, 3.05) is 0 Å². The van der Waals surface area contributed by atoms with Crippen molar-refractivity contribution >= 4 is 39.2 Å². The fraction of sp³-hybridized carbons (Fsp3) is 0.111. The van der Waals surface area contributed by atoms with E-state index in [1.807, 2.05) is 0 Å². The van der Waals surface area contributed by atoms with Gasteiger partial charge >= 0.3 is 5.97 Å². The topological polar surface area (TPSA) is 101 Å². The van der Waals surface area contributed by atoms with Crippen LogP contribution >= 0.6 is 23.2 Å². The van der Waals surface area contributed by atoms with Crippen molar-refractivity contribution in [2.24, 2.45) is 7.05 Å². The molecule has 1 atom stereocenters. The summed E-state index contributed by atoms with van der Waals surface area (Å²) in [6, 6.07) is 12.6. The van der Waals surface area contributed by atoms with Crippen molar-refractivity contribution in [3.8, 4) is 0 Å². The number of halogens is 2. The van der Waals surface area contributed by atoms with E-state index in [4.69, 9.17) is 23.2 Å². The van der Waals surface area contributed by atoms with Gasteiger partial charge in [0.2, 0.25) is 10.0 Å². The first-order valence-corrected chi connectivity index (χ1v) is 10.2. The first kappa shape index (κ1) is 20.3. The van der Waals surface area contributed by atoms with Crippen LogP contribution in [0.1, 0.15) is 27.7 Å². The highest BCUT2D eigenvalue weighted by molar-refractivity contribution is 7.89. The minimum atomic E-state index is -4.24. The van der Waals surface area contributed by atoms with Crippen LogP contribution in [-0.4, -0.2) is 29.3 Å². The Morgan fingerprint density at radius 1 is 1.18 bits per heavy atom. The lowest BCUT2D eigenvalue weighted by Gasteiger charge is -2.21. The van der Waals surface area contributed by atoms with Gasteiger partial charge in [-0.15, -0.1) is 0 Å². The first-order valence-electron chi connectivity index (χ1n) is 7.98. The van der Waals surface area contributed by atoms with Crippen molar-refractivity contribution in [3.63, 3.8) is 0 Å². The maximum atomic E-state index is 13.0. The third kappa shape index (κ3) is 4.05. The van der Waals surface area contributed by atoms with E-state index in [0.717, 1.165) is 10.9 Å². The van der Waals surface area contributed by atoms with Gasteiger partial charge in [-0.25, -0.2) is 13.2 Å². The zero-order chi connectivity index (χ0) is 20.5. The van der Waals surface area contributed by atoms with Gasteiger partial charge in [-0.05, 0) is 23.3 Å². The number of carboxylic acid groups (broad SMARTS) is 1. The summed E-state index contributed by atoms with van der Waals surface area (Å²) in [6.07, 6.45) is 0.997. The first-order chi connectivity index (χ1) is 13.2. The second kappa shape index (κ2) is 7.92. The standard InChI is InChI=1S/C18H15Cl2N3O4S/c1-23-17(18(24)25)15(10-21-23)28(26,27)22-16(11-5-3-2-4-6-11)13-8-7-12(19)9-14(13)20/h2-10,16,22H,1H3,(H,24,25). The lowest BCUT2D eigenvalue weighted by atomic mass is 10.00. The zero-order valence-electron chi connectivity index (χ0n) is 14.5. The molecule has 0 fully saturated rings. The Bertz CT molecular complexity index is 1130. The predicted molar refractivity (Wildman–Crippen MR) is 105 cm³/mol. The molecule has 0 saturated carbocycles. The smallest absolute Gasteiger partial charge is 0.355 e. The highest BCUT2D eigenvalue weighted by Crippen LogP contribution is 2.32. The number of hydrogen-bond acceptors (Lipinski definition) is 4. The summed E-state index contributed by atoms with van der Waals surface area (Å²) < 4.78 is 29.5. The van der Waals surface area contributed by atoms with E-state index in [2.05, 4.69) is 9.82 Å². The fourth-order valence-corrected chi connectivity index (χ4v) is 4.65. The molecule has 0 amide bonds.